The minimum absolute atomic E-state index is 0.107. The van der Waals surface area contributed by atoms with Gasteiger partial charge in [-0.25, -0.2) is 4.39 Å². The third-order valence-corrected chi connectivity index (χ3v) is 2.00. The van der Waals surface area contributed by atoms with Gasteiger partial charge in [0.05, 0.1) is 5.69 Å². The van der Waals surface area contributed by atoms with E-state index in [4.69, 9.17) is 0 Å². The van der Waals surface area contributed by atoms with Crippen LogP contribution in [0.4, 0.5) is 23.2 Å². The molecule has 0 aromatic heterocycles. The van der Waals surface area contributed by atoms with E-state index in [-0.39, 0.29) is 5.69 Å². The molecular formula is C11H11F4NO2. The number of anilines is 1. The minimum atomic E-state index is -4.51. The number of alkyl halides is 3. The van der Waals surface area contributed by atoms with Crippen LogP contribution < -0.4 is 5.32 Å². The van der Waals surface area contributed by atoms with Crippen LogP contribution in [0, 0.1) is 5.82 Å². The summed E-state index contributed by atoms with van der Waals surface area (Å²) in [7, 11) is 0. The van der Waals surface area contributed by atoms with Crippen molar-refractivity contribution in [1.29, 1.82) is 0 Å². The maximum absolute atomic E-state index is 13.2. The second kappa shape index (κ2) is 5.81. The van der Waals surface area contributed by atoms with Gasteiger partial charge < -0.3 is 10.1 Å². The molecule has 1 N–H and O–H groups in total. The first-order chi connectivity index (χ1) is 8.29. The van der Waals surface area contributed by atoms with Crippen LogP contribution in [-0.4, -0.2) is 24.8 Å². The zero-order chi connectivity index (χ0) is 13.8. The van der Waals surface area contributed by atoms with Crippen LogP contribution in [0.15, 0.2) is 24.3 Å². The molecule has 1 rings (SSSR count). The molecular weight excluding hydrogens is 254 g/mol. The standard InChI is InChI=1S/C11H11F4NO2/c1-7(18-6-11(13,14)15)10(17)16-9-5-3-2-4-8(9)12/h2-5,7H,6H2,1H3,(H,16,17). The number of ether oxygens (including phenoxy) is 1. The fraction of sp³-hybridized carbons (Fsp3) is 0.364. The zero-order valence-electron chi connectivity index (χ0n) is 9.42. The molecule has 7 heteroatoms. The van der Waals surface area contributed by atoms with Crippen LogP contribution in [-0.2, 0) is 9.53 Å². The van der Waals surface area contributed by atoms with Crippen LogP contribution in [0.1, 0.15) is 6.92 Å². The molecule has 1 atom stereocenters. The smallest absolute Gasteiger partial charge is 0.359 e. The third kappa shape index (κ3) is 4.70. The van der Waals surface area contributed by atoms with E-state index in [1.165, 1.54) is 18.2 Å². The molecule has 0 spiro atoms. The average Bonchev–Trinajstić information content (AvgIpc) is 2.28. The first kappa shape index (κ1) is 14.4. The van der Waals surface area contributed by atoms with Crippen molar-refractivity contribution in [3.8, 4) is 0 Å². The van der Waals surface area contributed by atoms with E-state index < -0.39 is 30.6 Å². The number of amides is 1. The first-order valence-corrected chi connectivity index (χ1v) is 5.03. The van der Waals surface area contributed by atoms with E-state index in [0.29, 0.717) is 0 Å². The van der Waals surface area contributed by atoms with Gasteiger partial charge in [0.2, 0.25) is 0 Å². The van der Waals surface area contributed by atoms with Gasteiger partial charge in [-0.3, -0.25) is 4.79 Å². The lowest BCUT2D eigenvalue weighted by Crippen LogP contribution is -2.31. The van der Waals surface area contributed by atoms with Crippen LogP contribution in [0.3, 0.4) is 0 Å². The van der Waals surface area contributed by atoms with Crippen molar-refractivity contribution >= 4 is 11.6 Å². The van der Waals surface area contributed by atoms with Gasteiger partial charge in [-0.2, -0.15) is 13.2 Å². The van der Waals surface area contributed by atoms with Crippen molar-refractivity contribution in [3.05, 3.63) is 30.1 Å². The summed E-state index contributed by atoms with van der Waals surface area (Å²) in [6, 6.07) is 5.33. The second-order valence-corrected chi connectivity index (χ2v) is 3.54. The summed E-state index contributed by atoms with van der Waals surface area (Å²) in [6.07, 6.45) is -5.83. The molecule has 0 aliphatic carbocycles. The summed E-state index contributed by atoms with van der Waals surface area (Å²) in [6.45, 7) is -0.374. The molecule has 18 heavy (non-hydrogen) atoms. The monoisotopic (exact) mass is 265 g/mol. The number of rotatable bonds is 4. The molecule has 1 aromatic carbocycles. The SMILES string of the molecule is CC(OCC(F)(F)F)C(=O)Nc1ccccc1F. The highest BCUT2D eigenvalue weighted by Crippen LogP contribution is 2.17. The molecule has 0 fully saturated rings. The van der Waals surface area contributed by atoms with Crippen molar-refractivity contribution in [3.63, 3.8) is 0 Å². The predicted octanol–water partition coefficient (Wildman–Crippen LogP) is 2.73. The maximum atomic E-state index is 13.2. The molecule has 0 aliphatic rings. The number of hydrogen-bond donors (Lipinski definition) is 1. The second-order valence-electron chi connectivity index (χ2n) is 3.54. The summed E-state index contributed by atoms with van der Waals surface area (Å²) in [4.78, 5) is 11.4. The van der Waals surface area contributed by atoms with Gasteiger partial charge in [-0.15, -0.1) is 0 Å². The molecule has 1 aromatic rings. The highest BCUT2D eigenvalue weighted by molar-refractivity contribution is 5.93. The topological polar surface area (TPSA) is 38.3 Å². The lowest BCUT2D eigenvalue weighted by atomic mass is 10.3. The quantitative estimate of drug-likeness (QED) is 0.850. The number of para-hydroxylation sites is 1. The lowest BCUT2D eigenvalue weighted by Gasteiger charge is -2.14. The van der Waals surface area contributed by atoms with E-state index in [1.54, 1.807) is 0 Å². The zero-order valence-corrected chi connectivity index (χ0v) is 9.42. The van der Waals surface area contributed by atoms with Crippen LogP contribution in [0.25, 0.3) is 0 Å². The van der Waals surface area contributed by atoms with E-state index in [0.717, 1.165) is 13.0 Å². The highest BCUT2D eigenvalue weighted by atomic mass is 19.4. The van der Waals surface area contributed by atoms with Crippen LogP contribution >= 0.6 is 0 Å². The van der Waals surface area contributed by atoms with E-state index >= 15 is 0 Å². The first-order valence-electron chi connectivity index (χ1n) is 5.03. The Labute approximate surface area is 101 Å². The minimum Gasteiger partial charge on any atom is -0.359 e. The Kier molecular flexibility index (Phi) is 4.66. The van der Waals surface area contributed by atoms with Gasteiger partial charge in [-0.05, 0) is 19.1 Å². The number of carbonyl (C=O) groups is 1. The van der Waals surface area contributed by atoms with Crippen molar-refractivity contribution in [2.45, 2.75) is 19.2 Å². The molecule has 100 valence electrons. The van der Waals surface area contributed by atoms with Gasteiger partial charge in [0.25, 0.3) is 5.91 Å². The normalized spacial score (nSPS) is 13.2. The van der Waals surface area contributed by atoms with Gasteiger partial charge in [-0.1, -0.05) is 12.1 Å². The van der Waals surface area contributed by atoms with Crippen molar-refractivity contribution in [1.82, 2.24) is 0 Å². The summed E-state index contributed by atoms with van der Waals surface area (Å²) in [5, 5.41) is 2.14. The molecule has 0 bridgehead atoms. The number of nitrogens with one attached hydrogen (secondary N) is 1. The number of benzene rings is 1. The molecule has 0 radical (unpaired) electrons. The number of halogens is 4. The Morgan fingerprint density at radius 3 is 2.56 bits per heavy atom. The van der Waals surface area contributed by atoms with E-state index in [2.05, 4.69) is 10.1 Å². The van der Waals surface area contributed by atoms with Gasteiger partial charge >= 0.3 is 6.18 Å². The highest BCUT2D eigenvalue weighted by Gasteiger charge is 2.30. The van der Waals surface area contributed by atoms with Gasteiger partial charge in [0.1, 0.15) is 18.5 Å². The van der Waals surface area contributed by atoms with Gasteiger partial charge in [0.15, 0.2) is 0 Å². The summed E-state index contributed by atoms with van der Waals surface area (Å²) < 4.78 is 53.0. The molecule has 0 saturated heterocycles. The Bertz CT molecular complexity index is 420. The summed E-state index contributed by atoms with van der Waals surface area (Å²) >= 11 is 0. The largest absolute Gasteiger partial charge is 0.411 e. The fourth-order valence-corrected chi connectivity index (χ4v) is 1.09. The Morgan fingerprint density at radius 1 is 1.39 bits per heavy atom. The fourth-order valence-electron chi connectivity index (χ4n) is 1.09. The Morgan fingerprint density at radius 2 is 2.00 bits per heavy atom. The Balaban J connectivity index is 2.53. The molecule has 1 amide bonds. The maximum Gasteiger partial charge on any atom is 0.411 e. The van der Waals surface area contributed by atoms with Crippen molar-refractivity contribution < 1.29 is 27.1 Å². The molecule has 3 nitrogen and oxygen atoms in total. The number of carbonyl (C=O) groups excluding carboxylic acids is 1. The van der Waals surface area contributed by atoms with Crippen molar-refractivity contribution in [2.24, 2.45) is 0 Å². The summed E-state index contributed by atoms with van der Waals surface area (Å²) in [5.41, 5.74) is -0.107. The Hall–Kier alpha value is -1.63. The van der Waals surface area contributed by atoms with E-state index in [9.17, 15) is 22.4 Å². The van der Waals surface area contributed by atoms with Crippen molar-refractivity contribution in [2.75, 3.05) is 11.9 Å². The van der Waals surface area contributed by atoms with Crippen LogP contribution in [0.5, 0.6) is 0 Å². The number of hydrogen-bond acceptors (Lipinski definition) is 2. The van der Waals surface area contributed by atoms with E-state index in [1.807, 2.05) is 0 Å². The lowest BCUT2D eigenvalue weighted by molar-refractivity contribution is -0.184. The molecule has 0 aliphatic heterocycles. The summed E-state index contributed by atoms with van der Waals surface area (Å²) in [5.74, 6) is -1.52. The van der Waals surface area contributed by atoms with Gasteiger partial charge in [0, 0.05) is 0 Å². The molecule has 1 unspecified atom stereocenters. The predicted molar refractivity (Wildman–Crippen MR) is 56.5 cm³/mol. The average molecular weight is 265 g/mol. The van der Waals surface area contributed by atoms with Crippen LogP contribution in [0.2, 0.25) is 0 Å². The molecule has 0 saturated carbocycles. The third-order valence-electron chi connectivity index (χ3n) is 2.00. The molecule has 0 heterocycles.